The van der Waals surface area contributed by atoms with E-state index in [0.29, 0.717) is 28.7 Å². The Hall–Kier alpha value is -3.67. The first kappa shape index (κ1) is 23.5. The summed E-state index contributed by atoms with van der Waals surface area (Å²) < 4.78 is 21.0. The summed E-state index contributed by atoms with van der Waals surface area (Å²) in [6.45, 7) is 6.53. The van der Waals surface area contributed by atoms with Crippen molar-refractivity contribution in [1.82, 2.24) is 14.9 Å². The molecule has 0 bridgehead atoms. The molecule has 0 aliphatic carbocycles. The maximum Gasteiger partial charge on any atom is 0.255 e. The number of nitrogens with one attached hydrogen (secondary N) is 1. The van der Waals surface area contributed by atoms with Crippen LogP contribution in [0.2, 0.25) is 0 Å². The molecule has 2 heterocycles. The Morgan fingerprint density at radius 1 is 1.15 bits per heavy atom. The SMILES string of the molecule is CCCCC(C)c1cc2c(C(=O)NC)c(-c3ccc(Oc4cccc(F)c4)cc3)nn2cc1C. The van der Waals surface area contributed by atoms with E-state index in [1.165, 1.54) is 24.1 Å². The predicted molar refractivity (Wildman–Crippen MR) is 133 cm³/mol. The van der Waals surface area contributed by atoms with Gasteiger partial charge in [-0.1, -0.05) is 32.8 Å². The molecule has 0 spiro atoms. The second kappa shape index (κ2) is 10.1. The van der Waals surface area contributed by atoms with Gasteiger partial charge >= 0.3 is 0 Å². The number of nitrogens with zero attached hydrogens (tertiary/aromatic N) is 2. The van der Waals surface area contributed by atoms with Crippen LogP contribution in [0.1, 0.15) is 60.5 Å². The van der Waals surface area contributed by atoms with Crippen molar-refractivity contribution in [2.75, 3.05) is 7.05 Å². The fourth-order valence-electron chi connectivity index (χ4n) is 4.30. The van der Waals surface area contributed by atoms with Gasteiger partial charge in [0, 0.05) is 24.9 Å². The third-order valence-electron chi connectivity index (χ3n) is 6.15. The molecule has 1 amide bonds. The topological polar surface area (TPSA) is 55.6 Å². The molecule has 5 nitrogen and oxygen atoms in total. The first-order valence-electron chi connectivity index (χ1n) is 11.7. The van der Waals surface area contributed by atoms with E-state index in [4.69, 9.17) is 9.84 Å². The number of carbonyl (C=O) groups is 1. The van der Waals surface area contributed by atoms with Crippen LogP contribution >= 0.6 is 0 Å². The molecule has 0 aliphatic rings. The van der Waals surface area contributed by atoms with Crippen molar-refractivity contribution in [3.05, 3.63) is 83.3 Å². The largest absolute Gasteiger partial charge is 0.457 e. The molecule has 1 atom stereocenters. The summed E-state index contributed by atoms with van der Waals surface area (Å²) in [6, 6.07) is 15.4. The van der Waals surface area contributed by atoms with Gasteiger partial charge < -0.3 is 10.1 Å². The maximum absolute atomic E-state index is 13.4. The lowest BCUT2D eigenvalue weighted by molar-refractivity contribution is 0.0965. The number of fused-ring (bicyclic) bond motifs is 1. The summed E-state index contributed by atoms with van der Waals surface area (Å²) in [7, 11) is 1.63. The van der Waals surface area contributed by atoms with Crippen molar-refractivity contribution < 1.29 is 13.9 Å². The Balaban J connectivity index is 1.73. The number of hydrogen-bond donors (Lipinski definition) is 1. The number of unbranched alkanes of at least 4 members (excludes halogenated alkanes) is 1. The second-order valence-electron chi connectivity index (χ2n) is 8.67. The molecular formula is C28H30FN3O2. The van der Waals surface area contributed by atoms with Crippen molar-refractivity contribution in [3.63, 3.8) is 0 Å². The van der Waals surface area contributed by atoms with Crippen molar-refractivity contribution in [1.29, 1.82) is 0 Å². The van der Waals surface area contributed by atoms with Gasteiger partial charge in [0.1, 0.15) is 23.0 Å². The number of amides is 1. The third kappa shape index (κ3) is 4.81. The van der Waals surface area contributed by atoms with Gasteiger partial charge in [-0.2, -0.15) is 5.10 Å². The highest BCUT2D eigenvalue weighted by molar-refractivity contribution is 6.06. The van der Waals surface area contributed by atoms with Gasteiger partial charge in [-0.3, -0.25) is 4.79 Å². The van der Waals surface area contributed by atoms with E-state index in [1.54, 1.807) is 35.8 Å². The fourth-order valence-corrected chi connectivity index (χ4v) is 4.30. The highest BCUT2D eigenvalue weighted by atomic mass is 19.1. The fraction of sp³-hybridized carbons (Fsp3) is 0.286. The quantitative estimate of drug-likeness (QED) is 0.312. The van der Waals surface area contributed by atoms with Gasteiger partial charge in [0.25, 0.3) is 5.91 Å². The van der Waals surface area contributed by atoms with Gasteiger partial charge in [-0.25, -0.2) is 8.91 Å². The highest BCUT2D eigenvalue weighted by Gasteiger charge is 2.22. The highest BCUT2D eigenvalue weighted by Crippen LogP contribution is 2.32. The summed E-state index contributed by atoms with van der Waals surface area (Å²) in [6.07, 6.45) is 5.44. The molecule has 4 rings (SSSR count). The molecule has 4 aromatic rings. The molecule has 2 aromatic carbocycles. The standard InChI is InChI=1S/C28H30FN3O2/c1-5-6-8-18(2)24-16-25-26(28(33)30-4)27(31-32(25)17-19(24)3)20-11-13-22(14-12-20)34-23-10-7-9-21(29)15-23/h7,9-18H,5-6,8H2,1-4H3,(H,30,33). The molecule has 0 saturated carbocycles. The number of halogens is 1. The van der Waals surface area contributed by atoms with Crippen molar-refractivity contribution >= 4 is 11.4 Å². The maximum atomic E-state index is 13.4. The van der Waals surface area contributed by atoms with Gasteiger partial charge in [-0.05, 0) is 72.9 Å². The van der Waals surface area contributed by atoms with E-state index in [1.807, 2.05) is 18.3 Å². The molecule has 0 aliphatic heterocycles. The Kier molecular flexibility index (Phi) is 6.96. The van der Waals surface area contributed by atoms with Crippen LogP contribution < -0.4 is 10.1 Å². The van der Waals surface area contributed by atoms with E-state index < -0.39 is 0 Å². The molecule has 2 aromatic heterocycles. The second-order valence-corrected chi connectivity index (χ2v) is 8.67. The minimum absolute atomic E-state index is 0.180. The molecule has 34 heavy (non-hydrogen) atoms. The number of aromatic nitrogens is 2. The summed E-state index contributed by atoms with van der Waals surface area (Å²) in [5.41, 5.74) is 5.15. The van der Waals surface area contributed by atoms with E-state index in [0.717, 1.165) is 29.5 Å². The Labute approximate surface area is 199 Å². The summed E-state index contributed by atoms with van der Waals surface area (Å²) in [5, 5.41) is 7.53. The number of aryl methyl sites for hydroxylation is 1. The number of carbonyl (C=O) groups excluding carboxylic acids is 1. The Bertz CT molecular complexity index is 1310. The molecule has 1 unspecified atom stereocenters. The molecule has 0 radical (unpaired) electrons. The smallest absolute Gasteiger partial charge is 0.255 e. The number of pyridine rings is 1. The van der Waals surface area contributed by atoms with Gasteiger partial charge in [0.15, 0.2) is 0 Å². The number of rotatable bonds is 8. The average Bonchev–Trinajstić information content (AvgIpc) is 3.20. The van der Waals surface area contributed by atoms with Crippen LogP contribution in [0.4, 0.5) is 4.39 Å². The predicted octanol–water partition coefficient (Wildman–Crippen LogP) is 6.89. The minimum Gasteiger partial charge on any atom is -0.457 e. The Morgan fingerprint density at radius 2 is 1.91 bits per heavy atom. The van der Waals surface area contributed by atoms with Gasteiger partial charge in [0.2, 0.25) is 0 Å². The minimum atomic E-state index is -0.354. The number of benzene rings is 2. The monoisotopic (exact) mass is 459 g/mol. The zero-order valence-corrected chi connectivity index (χ0v) is 20.1. The van der Waals surface area contributed by atoms with E-state index in [9.17, 15) is 9.18 Å². The summed E-state index contributed by atoms with van der Waals surface area (Å²) in [4.78, 5) is 12.9. The lowest BCUT2D eigenvalue weighted by atomic mass is 9.92. The molecular weight excluding hydrogens is 429 g/mol. The summed E-state index contributed by atoms with van der Waals surface area (Å²) in [5.74, 6) is 0.864. The van der Waals surface area contributed by atoms with Gasteiger partial charge in [-0.15, -0.1) is 0 Å². The van der Waals surface area contributed by atoms with Crippen LogP contribution in [0.5, 0.6) is 11.5 Å². The molecule has 0 saturated heterocycles. The average molecular weight is 460 g/mol. The first-order valence-corrected chi connectivity index (χ1v) is 11.7. The van der Waals surface area contributed by atoms with Crippen LogP contribution in [0.3, 0.4) is 0 Å². The third-order valence-corrected chi connectivity index (χ3v) is 6.15. The number of ether oxygens (including phenoxy) is 1. The lowest BCUT2D eigenvalue weighted by Crippen LogP contribution is -2.18. The van der Waals surface area contributed by atoms with Crippen molar-refractivity contribution in [2.45, 2.75) is 46.0 Å². The summed E-state index contributed by atoms with van der Waals surface area (Å²) >= 11 is 0. The van der Waals surface area contributed by atoms with Gasteiger partial charge in [0.05, 0.1) is 11.1 Å². The zero-order valence-electron chi connectivity index (χ0n) is 20.1. The normalized spacial score (nSPS) is 12.0. The van der Waals surface area contributed by atoms with E-state index in [-0.39, 0.29) is 11.7 Å². The van der Waals surface area contributed by atoms with Crippen LogP contribution in [0.15, 0.2) is 60.8 Å². The first-order chi connectivity index (χ1) is 16.4. The van der Waals surface area contributed by atoms with Crippen LogP contribution in [-0.4, -0.2) is 22.6 Å². The van der Waals surface area contributed by atoms with E-state index in [2.05, 4.69) is 32.2 Å². The Morgan fingerprint density at radius 3 is 2.59 bits per heavy atom. The van der Waals surface area contributed by atoms with Crippen LogP contribution in [-0.2, 0) is 0 Å². The molecule has 176 valence electrons. The lowest BCUT2D eigenvalue weighted by Gasteiger charge is -2.15. The number of hydrogen-bond acceptors (Lipinski definition) is 3. The molecule has 0 fully saturated rings. The van der Waals surface area contributed by atoms with Crippen LogP contribution in [0.25, 0.3) is 16.8 Å². The molecule has 1 N–H and O–H groups in total. The van der Waals surface area contributed by atoms with Crippen molar-refractivity contribution in [2.24, 2.45) is 0 Å². The van der Waals surface area contributed by atoms with E-state index >= 15 is 0 Å². The van der Waals surface area contributed by atoms with Crippen molar-refractivity contribution in [3.8, 4) is 22.8 Å². The van der Waals surface area contributed by atoms with Crippen LogP contribution in [0, 0.1) is 12.7 Å². The molecule has 6 heteroatoms. The zero-order chi connectivity index (χ0) is 24.2.